The molecule has 2 saturated heterocycles. The van der Waals surface area contributed by atoms with E-state index in [0.29, 0.717) is 6.54 Å². The normalized spacial score (nSPS) is 37.0. The summed E-state index contributed by atoms with van der Waals surface area (Å²) in [5.41, 5.74) is 0. The van der Waals surface area contributed by atoms with Gasteiger partial charge in [0.1, 0.15) is 6.04 Å². The number of hydrogen-bond acceptors (Lipinski definition) is 4. The van der Waals surface area contributed by atoms with E-state index in [2.05, 4.69) is 10.1 Å². The first-order valence-corrected chi connectivity index (χ1v) is 4.33. The third-order valence-corrected chi connectivity index (χ3v) is 2.64. The summed E-state index contributed by atoms with van der Waals surface area (Å²) in [5.74, 6) is -0.245. The van der Waals surface area contributed by atoms with Crippen LogP contribution in [-0.2, 0) is 14.3 Å². The summed E-state index contributed by atoms with van der Waals surface area (Å²) in [5, 5.41) is 2.79. The highest BCUT2D eigenvalue weighted by Gasteiger charge is 2.44. The van der Waals surface area contributed by atoms with Crippen LogP contribution in [0, 0.1) is 0 Å². The molecule has 2 heterocycles. The van der Waals surface area contributed by atoms with Gasteiger partial charge in [-0.25, -0.2) is 0 Å². The summed E-state index contributed by atoms with van der Waals surface area (Å²) >= 11 is 0. The van der Waals surface area contributed by atoms with Crippen LogP contribution < -0.4 is 5.32 Å². The number of hydrogen-bond donors (Lipinski definition) is 1. The Kier molecular flexibility index (Phi) is 1.95. The molecule has 0 aromatic carbocycles. The molecule has 0 spiro atoms. The highest BCUT2D eigenvalue weighted by Crippen LogP contribution is 2.22. The highest BCUT2D eigenvalue weighted by atomic mass is 16.5. The number of carbonyl (C=O) groups excluding carboxylic acids is 2. The first-order valence-electron chi connectivity index (χ1n) is 4.33. The van der Waals surface area contributed by atoms with Crippen molar-refractivity contribution in [1.29, 1.82) is 0 Å². The lowest BCUT2D eigenvalue weighted by Crippen LogP contribution is -2.57. The SMILES string of the molecule is COC(=O)[C@H]1[C@H]2CCN1CC(=O)N2. The van der Waals surface area contributed by atoms with Gasteiger partial charge in [0.05, 0.1) is 19.7 Å². The predicted octanol–water partition coefficient (Wildman–Crippen LogP) is -1.27. The lowest BCUT2D eigenvalue weighted by molar-refractivity contribution is -0.148. The Morgan fingerprint density at radius 2 is 2.46 bits per heavy atom. The van der Waals surface area contributed by atoms with E-state index < -0.39 is 0 Å². The minimum atomic E-state index is -0.261. The number of carbonyl (C=O) groups is 2. The summed E-state index contributed by atoms with van der Waals surface area (Å²) < 4.78 is 4.67. The zero-order valence-corrected chi connectivity index (χ0v) is 7.45. The molecule has 3 atom stereocenters. The average molecular weight is 184 g/mol. The predicted molar refractivity (Wildman–Crippen MR) is 43.9 cm³/mol. The van der Waals surface area contributed by atoms with Gasteiger partial charge in [-0.05, 0) is 6.42 Å². The van der Waals surface area contributed by atoms with Crippen molar-refractivity contribution in [3.05, 3.63) is 0 Å². The van der Waals surface area contributed by atoms with Crippen molar-refractivity contribution >= 4 is 11.9 Å². The molecule has 13 heavy (non-hydrogen) atoms. The van der Waals surface area contributed by atoms with E-state index in [1.165, 1.54) is 7.11 Å². The number of esters is 1. The smallest absolute Gasteiger partial charge is 0.325 e. The van der Waals surface area contributed by atoms with Crippen LogP contribution >= 0.6 is 0 Å². The molecule has 2 fully saturated rings. The fourth-order valence-corrected chi connectivity index (χ4v) is 2.06. The number of fused-ring (bicyclic) bond motifs is 2. The van der Waals surface area contributed by atoms with Crippen molar-refractivity contribution in [2.24, 2.45) is 0 Å². The van der Waals surface area contributed by atoms with Crippen LogP contribution in [0.3, 0.4) is 0 Å². The molecule has 1 N–H and O–H groups in total. The molecule has 1 unspecified atom stereocenters. The van der Waals surface area contributed by atoms with E-state index in [1.807, 2.05) is 4.90 Å². The quantitative estimate of drug-likeness (QED) is 0.516. The van der Waals surface area contributed by atoms with Crippen LogP contribution in [-0.4, -0.2) is 49.1 Å². The Labute approximate surface area is 76.0 Å². The van der Waals surface area contributed by atoms with Crippen LogP contribution in [0.15, 0.2) is 0 Å². The lowest BCUT2D eigenvalue weighted by Gasteiger charge is -2.30. The average Bonchev–Trinajstić information content (AvgIpc) is 2.37. The first kappa shape index (κ1) is 8.50. The van der Waals surface area contributed by atoms with Gasteiger partial charge in [0.15, 0.2) is 0 Å². The number of rotatable bonds is 1. The molecule has 5 heteroatoms. The molecule has 2 aliphatic rings. The molecule has 72 valence electrons. The largest absolute Gasteiger partial charge is 0.468 e. The zero-order chi connectivity index (χ0) is 9.42. The molecule has 2 aliphatic heterocycles. The third kappa shape index (κ3) is 1.29. The van der Waals surface area contributed by atoms with Crippen LogP contribution in [0.4, 0.5) is 0 Å². The van der Waals surface area contributed by atoms with E-state index in [0.717, 1.165) is 13.0 Å². The topological polar surface area (TPSA) is 58.6 Å². The third-order valence-electron chi connectivity index (χ3n) is 2.64. The van der Waals surface area contributed by atoms with Gasteiger partial charge in [0, 0.05) is 6.54 Å². The molecule has 5 nitrogen and oxygen atoms in total. The number of methoxy groups -OCH3 is 1. The van der Waals surface area contributed by atoms with Crippen LogP contribution in [0.5, 0.6) is 0 Å². The second kappa shape index (κ2) is 2.99. The lowest BCUT2D eigenvalue weighted by atomic mass is 10.1. The molecule has 2 rings (SSSR count). The van der Waals surface area contributed by atoms with E-state index >= 15 is 0 Å². The fraction of sp³-hybridized carbons (Fsp3) is 0.750. The Balaban J connectivity index is 2.14. The maximum Gasteiger partial charge on any atom is 0.325 e. The summed E-state index contributed by atoms with van der Waals surface area (Å²) in [6.07, 6.45) is 0.839. The van der Waals surface area contributed by atoms with Crippen LogP contribution in [0.25, 0.3) is 0 Å². The number of nitrogens with zero attached hydrogens (tertiary/aromatic N) is 1. The van der Waals surface area contributed by atoms with Gasteiger partial charge >= 0.3 is 5.97 Å². The summed E-state index contributed by atoms with van der Waals surface area (Å²) in [6.45, 7) is 1.11. The number of nitrogens with one attached hydrogen (secondary N) is 1. The molecular formula is C8H12N2O3. The van der Waals surface area contributed by atoms with E-state index in [9.17, 15) is 9.59 Å². The van der Waals surface area contributed by atoms with Crippen molar-refractivity contribution in [2.75, 3.05) is 20.2 Å². The summed E-state index contributed by atoms with van der Waals surface area (Å²) in [6, 6.07) is -0.309. The molecule has 0 aromatic rings. The Hall–Kier alpha value is -1.10. The van der Waals surface area contributed by atoms with Crippen molar-refractivity contribution in [3.63, 3.8) is 0 Å². The van der Waals surface area contributed by atoms with E-state index in [-0.39, 0.29) is 24.0 Å². The second-order valence-electron chi connectivity index (χ2n) is 3.40. The summed E-state index contributed by atoms with van der Waals surface area (Å²) in [4.78, 5) is 24.3. The van der Waals surface area contributed by atoms with Crippen LogP contribution in [0.2, 0.25) is 0 Å². The minimum Gasteiger partial charge on any atom is -0.468 e. The van der Waals surface area contributed by atoms with Crippen molar-refractivity contribution < 1.29 is 14.3 Å². The van der Waals surface area contributed by atoms with Crippen molar-refractivity contribution in [1.82, 2.24) is 10.2 Å². The highest BCUT2D eigenvalue weighted by molar-refractivity contribution is 5.85. The van der Waals surface area contributed by atoms with Gasteiger partial charge in [0.2, 0.25) is 5.91 Å². The zero-order valence-electron chi connectivity index (χ0n) is 7.45. The first-order chi connectivity index (χ1) is 6.22. The number of ether oxygens (including phenoxy) is 1. The molecule has 0 aromatic heterocycles. The van der Waals surface area contributed by atoms with Gasteiger partial charge in [-0.15, -0.1) is 0 Å². The Bertz CT molecular complexity index is 238. The Morgan fingerprint density at radius 3 is 3.08 bits per heavy atom. The van der Waals surface area contributed by atoms with Crippen LogP contribution in [0.1, 0.15) is 6.42 Å². The number of amides is 1. The van der Waals surface area contributed by atoms with Gasteiger partial charge < -0.3 is 10.1 Å². The molecule has 0 radical (unpaired) electrons. The molecule has 0 saturated carbocycles. The monoisotopic (exact) mass is 184 g/mol. The molecule has 1 amide bonds. The van der Waals surface area contributed by atoms with Crippen molar-refractivity contribution in [2.45, 2.75) is 18.5 Å². The van der Waals surface area contributed by atoms with E-state index in [4.69, 9.17) is 0 Å². The minimum absolute atomic E-state index is 0.00246. The van der Waals surface area contributed by atoms with E-state index in [1.54, 1.807) is 0 Å². The molecule has 0 aliphatic carbocycles. The van der Waals surface area contributed by atoms with Crippen molar-refractivity contribution in [3.8, 4) is 0 Å². The summed E-state index contributed by atoms with van der Waals surface area (Å²) in [7, 11) is 1.37. The maximum absolute atomic E-state index is 11.3. The van der Waals surface area contributed by atoms with Gasteiger partial charge in [-0.1, -0.05) is 0 Å². The molecular weight excluding hydrogens is 172 g/mol. The number of piperazine rings is 1. The molecule has 2 bridgehead atoms. The fourth-order valence-electron chi connectivity index (χ4n) is 2.06. The van der Waals surface area contributed by atoms with Gasteiger partial charge in [0.25, 0.3) is 0 Å². The second-order valence-corrected chi connectivity index (χ2v) is 3.40. The maximum atomic E-state index is 11.3. The Morgan fingerprint density at radius 1 is 1.69 bits per heavy atom. The van der Waals surface area contributed by atoms with Gasteiger partial charge in [-0.2, -0.15) is 0 Å². The van der Waals surface area contributed by atoms with Gasteiger partial charge in [-0.3, -0.25) is 14.5 Å². The standard InChI is InChI=1S/C8H12N2O3/c1-13-8(12)7-5-2-3-10(7)4-6(11)9-5/h5,7H,2-4H2,1H3,(H,9,11)/t5-,7-/m1/s1.